The fraction of sp³-hybridized carbons (Fsp3) is 0.333. The molecule has 0 bridgehead atoms. The Hall–Kier alpha value is -2.21. The SMILES string of the molecule is C=C[C@H](CO[Si](c1ccccc1)(c1ccccc1)C(C)(C)C)C[C@@H](C)Sc1ncccn1. The molecule has 2 aromatic carbocycles. The van der Waals surface area contributed by atoms with Gasteiger partial charge in [0.2, 0.25) is 0 Å². The topological polar surface area (TPSA) is 35.0 Å². The van der Waals surface area contributed by atoms with Gasteiger partial charge in [-0.1, -0.05) is 106 Å². The first-order valence-corrected chi connectivity index (χ1v) is 14.0. The van der Waals surface area contributed by atoms with Gasteiger partial charge >= 0.3 is 0 Å². The van der Waals surface area contributed by atoms with E-state index in [2.05, 4.69) is 105 Å². The average molecular weight is 463 g/mol. The number of thioether (sulfide) groups is 1. The predicted molar refractivity (Wildman–Crippen MR) is 139 cm³/mol. The summed E-state index contributed by atoms with van der Waals surface area (Å²) in [5.41, 5.74) is 0. The van der Waals surface area contributed by atoms with Crippen LogP contribution in [0.15, 0.2) is 96.9 Å². The molecule has 3 rings (SSSR count). The minimum Gasteiger partial charge on any atom is -0.407 e. The molecule has 0 fully saturated rings. The standard InChI is InChI=1S/C27H34N2OSSi/c1-6-23(20-22(2)31-26-28-18-13-19-29-26)21-30-32(27(3,4)5,24-14-9-7-10-15-24)25-16-11-8-12-17-25/h6-19,22-23H,1,20-21H2,2-5H3/t22-,23+/m1/s1. The molecule has 0 spiro atoms. The highest BCUT2D eigenvalue weighted by Crippen LogP contribution is 2.37. The maximum absolute atomic E-state index is 7.10. The van der Waals surface area contributed by atoms with Gasteiger partial charge in [0.05, 0.1) is 0 Å². The van der Waals surface area contributed by atoms with Gasteiger partial charge < -0.3 is 4.43 Å². The van der Waals surface area contributed by atoms with Crippen LogP contribution in [0.25, 0.3) is 0 Å². The van der Waals surface area contributed by atoms with Gasteiger partial charge in [0.15, 0.2) is 5.16 Å². The van der Waals surface area contributed by atoms with E-state index < -0.39 is 8.32 Å². The van der Waals surface area contributed by atoms with Gasteiger partial charge in [-0.15, -0.1) is 6.58 Å². The normalized spacial score (nSPS) is 14.0. The van der Waals surface area contributed by atoms with Crippen LogP contribution in [0.4, 0.5) is 0 Å². The minimum atomic E-state index is -2.53. The van der Waals surface area contributed by atoms with Gasteiger partial charge in [-0.3, -0.25) is 0 Å². The highest BCUT2D eigenvalue weighted by molar-refractivity contribution is 7.99. The smallest absolute Gasteiger partial charge is 0.261 e. The molecule has 0 aliphatic carbocycles. The molecule has 0 amide bonds. The zero-order valence-corrected chi connectivity index (χ0v) is 21.4. The molecule has 0 unspecified atom stereocenters. The fourth-order valence-electron chi connectivity index (χ4n) is 4.23. The van der Waals surface area contributed by atoms with Crippen LogP contribution < -0.4 is 10.4 Å². The van der Waals surface area contributed by atoms with Gasteiger partial charge in [-0.2, -0.15) is 0 Å². The van der Waals surface area contributed by atoms with Crippen molar-refractivity contribution in [3.63, 3.8) is 0 Å². The predicted octanol–water partition coefficient (Wildman–Crippen LogP) is 5.73. The largest absolute Gasteiger partial charge is 0.407 e. The number of nitrogens with zero attached hydrogens (tertiary/aromatic N) is 2. The Kier molecular flexibility index (Phi) is 8.46. The molecule has 0 N–H and O–H groups in total. The average Bonchev–Trinajstić information content (AvgIpc) is 2.80. The lowest BCUT2D eigenvalue weighted by molar-refractivity contribution is 0.253. The first-order chi connectivity index (χ1) is 15.4. The van der Waals surface area contributed by atoms with E-state index in [1.54, 1.807) is 24.2 Å². The maximum Gasteiger partial charge on any atom is 0.261 e. The van der Waals surface area contributed by atoms with Crippen molar-refractivity contribution in [3.8, 4) is 0 Å². The van der Waals surface area contributed by atoms with Gasteiger partial charge in [0.1, 0.15) is 0 Å². The van der Waals surface area contributed by atoms with Crippen LogP contribution in [0.2, 0.25) is 5.04 Å². The molecule has 0 saturated carbocycles. The summed E-state index contributed by atoms with van der Waals surface area (Å²) in [4.78, 5) is 8.70. The summed E-state index contributed by atoms with van der Waals surface area (Å²) < 4.78 is 7.10. The molecule has 0 aliphatic rings. The zero-order chi connectivity index (χ0) is 23.0. The van der Waals surface area contributed by atoms with Crippen LogP contribution in [0.3, 0.4) is 0 Å². The second kappa shape index (κ2) is 11.1. The fourth-order valence-corrected chi connectivity index (χ4v) is 9.79. The Bertz CT molecular complexity index is 922. The Balaban J connectivity index is 1.85. The molecule has 168 valence electrons. The number of aromatic nitrogens is 2. The van der Waals surface area contributed by atoms with Crippen LogP contribution in [0.5, 0.6) is 0 Å². The summed E-state index contributed by atoms with van der Waals surface area (Å²) in [6.45, 7) is 13.9. The highest BCUT2D eigenvalue weighted by Gasteiger charge is 2.50. The van der Waals surface area contributed by atoms with Gasteiger partial charge in [0.25, 0.3) is 8.32 Å². The minimum absolute atomic E-state index is 0.0281. The van der Waals surface area contributed by atoms with Crippen molar-refractivity contribution in [2.24, 2.45) is 5.92 Å². The first-order valence-electron chi connectivity index (χ1n) is 11.2. The lowest BCUT2D eigenvalue weighted by Gasteiger charge is -2.43. The van der Waals surface area contributed by atoms with Crippen LogP contribution in [0, 0.1) is 5.92 Å². The van der Waals surface area contributed by atoms with Crippen molar-refractivity contribution < 1.29 is 4.43 Å². The van der Waals surface area contributed by atoms with E-state index in [-0.39, 0.29) is 11.0 Å². The second-order valence-electron chi connectivity index (χ2n) is 9.17. The quantitative estimate of drug-likeness (QED) is 0.167. The Morgan fingerprint density at radius 2 is 1.47 bits per heavy atom. The summed E-state index contributed by atoms with van der Waals surface area (Å²) >= 11 is 1.70. The third-order valence-corrected chi connectivity index (χ3v) is 11.8. The third-order valence-electron chi connectivity index (χ3n) is 5.75. The number of rotatable bonds is 10. The van der Waals surface area contributed by atoms with E-state index in [9.17, 15) is 0 Å². The molecule has 32 heavy (non-hydrogen) atoms. The van der Waals surface area contributed by atoms with Crippen LogP contribution in [-0.4, -0.2) is 30.1 Å². The van der Waals surface area contributed by atoms with Crippen molar-refractivity contribution in [1.82, 2.24) is 9.97 Å². The van der Waals surface area contributed by atoms with E-state index in [0.29, 0.717) is 11.9 Å². The molecule has 0 radical (unpaired) electrons. The van der Waals surface area contributed by atoms with E-state index in [4.69, 9.17) is 4.43 Å². The summed E-state index contributed by atoms with van der Waals surface area (Å²) in [6.07, 6.45) is 6.59. The Morgan fingerprint density at radius 3 is 1.94 bits per heavy atom. The van der Waals surface area contributed by atoms with Crippen molar-refractivity contribution in [3.05, 3.63) is 91.8 Å². The van der Waals surface area contributed by atoms with E-state index in [1.807, 2.05) is 12.1 Å². The molecular weight excluding hydrogens is 428 g/mol. The van der Waals surface area contributed by atoms with E-state index in [1.165, 1.54) is 10.4 Å². The molecule has 1 heterocycles. The Morgan fingerprint density at radius 1 is 0.938 bits per heavy atom. The third kappa shape index (κ3) is 5.77. The first kappa shape index (κ1) is 24.4. The molecule has 1 aromatic heterocycles. The molecule has 0 aliphatic heterocycles. The highest BCUT2D eigenvalue weighted by atomic mass is 32.2. The molecule has 3 aromatic rings. The van der Waals surface area contributed by atoms with Crippen molar-refractivity contribution in [2.45, 2.75) is 49.6 Å². The summed E-state index contributed by atoms with van der Waals surface area (Å²) in [5, 5.41) is 3.77. The molecule has 5 heteroatoms. The molecule has 2 atom stereocenters. The number of benzene rings is 2. The number of hydrogen-bond acceptors (Lipinski definition) is 4. The summed E-state index contributed by atoms with van der Waals surface area (Å²) in [6, 6.07) is 23.4. The second-order valence-corrected chi connectivity index (χ2v) is 14.9. The van der Waals surface area contributed by atoms with Gasteiger partial charge in [0, 0.05) is 24.3 Å². The van der Waals surface area contributed by atoms with Crippen molar-refractivity contribution in [1.29, 1.82) is 0 Å². The molecule has 0 saturated heterocycles. The lowest BCUT2D eigenvalue weighted by Crippen LogP contribution is -2.66. The van der Waals surface area contributed by atoms with Gasteiger partial charge in [-0.05, 0) is 33.8 Å². The van der Waals surface area contributed by atoms with E-state index >= 15 is 0 Å². The summed E-state index contributed by atoms with van der Waals surface area (Å²) in [7, 11) is -2.53. The Labute approximate surface area is 198 Å². The lowest BCUT2D eigenvalue weighted by atomic mass is 10.1. The summed E-state index contributed by atoms with van der Waals surface area (Å²) in [5.74, 6) is 0.253. The zero-order valence-electron chi connectivity index (χ0n) is 19.6. The monoisotopic (exact) mass is 462 g/mol. The van der Waals surface area contributed by atoms with Crippen LogP contribution in [-0.2, 0) is 4.43 Å². The van der Waals surface area contributed by atoms with Crippen LogP contribution in [0.1, 0.15) is 34.1 Å². The van der Waals surface area contributed by atoms with Gasteiger partial charge in [-0.25, -0.2) is 9.97 Å². The number of hydrogen-bond donors (Lipinski definition) is 0. The van der Waals surface area contributed by atoms with Crippen molar-refractivity contribution >= 4 is 30.5 Å². The maximum atomic E-state index is 7.10. The van der Waals surface area contributed by atoms with Crippen molar-refractivity contribution in [2.75, 3.05) is 6.61 Å². The van der Waals surface area contributed by atoms with Crippen LogP contribution >= 0.6 is 11.8 Å². The van der Waals surface area contributed by atoms with E-state index in [0.717, 1.165) is 11.6 Å². The molecular formula is C27H34N2OSSi. The molecule has 3 nitrogen and oxygen atoms in total.